The lowest BCUT2D eigenvalue weighted by Crippen LogP contribution is -2.18. The van der Waals surface area contributed by atoms with Crippen LogP contribution in [-0.2, 0) is 44.2 Å². The minimum absolute atomic E-state index is 0.00638. The predicted octanol–water partition coefficient (Wildman–Crippen LogP) is 0.834. The Hall–Kier alpha value is -5.36. The minimum Gasteiger partial charge on any atom is -0.394 e. The van der Waals surface area contributed by atoms with Crippen molar-refractivity contribution in [3.8, 4) is 5.75 Å². The highest BCUT2D eigenvalue weighted by Gasteiger charge is 2.18. The Labute approximate surface area is 370 Å². The molecule has 0 radical (unpaired) electrons. The molecule has 2 aromatic carbocycles. The summed E-state index contributed by atoms with van der Waals surface area (Å²) in [5.41, 5.74) is 0.614. The zero-order valence-electron chi connectivity index (χ0n) is 33.2. The molecule has 0 aliphatic rings. The smallest absolute Gasteiger partial charge is 0.295 e. The molecule has 0 saturated carbocycles. The van der Waals surface area contributed by atoms with Crippen molar-refractivity contribution < 1.29 is 72.4 Å². The Bertz CT molecular complexity index is 2510. The summed E-state index contributed by atoms with van der Waals surface area (Å²) in [4.78, 5) is 29.8. The third-order valence-corrected chi connectivity index (χ3v) is 9.98. The maximum Gasteiger partial charge on any atom is 0.295 e. The van der Waals surface area contributed by atoms with Gasteiger partial charge in [0.1, 0.15) is 4.90 Å². The summed E-state index contributed by atoms with van der Waals surface area (Å²) in [6.45, 7) is 0.0372. The number of aliphatic hydroxyl groups excluding tert-OH is 2. The van der Waals surface area contributed by atoms with Crippen LogP contribution in [0.4, 0.5) is 47.1 Å². The van der Waals surface area contributed by atoms with Crippen molar-refractivity contribution in [3.63, 3.8) is 0 Å². The Morgan fingerprint density at radius 3 is 1.42 bits per heavy atom. The second-order valence-electron chi connectivity index (χ2n) is 12.4. The fraction of sp³-hybridized carbons (Fsp3) is 0.375. The summed E-state index contributed by atoms with van der Waals surface area (Å²) in [5.74, 6) is -1.72. The molecular formula is C32H44N12O16S4. The number of aliphatic hydroxyl groups is 2. The van der Waals surface area contributed by atoms with Gasteiger partial charge in [-0.1, -0.05) is 22.6 Å². The highest BCUT2D eigenvalue weighted by atomic mass is 32.2. The highest BCUT2D eigenvalue weighted by molar-refractivity contribution is 7.88. The van der Waals surface area contributed by atoms with Crippen LogP contribution in [0.5, 0.6) is 5.75 Å². The molecule has 0 spiro atoms. The van der Waals surface area contributed by atoms with E-state index in [1.54, 1.807) is 0 Å². The zero-order chi connectivity index (χ0) is 46.6. The molecular weight excluding hydrogens is 937 g/mol. The van der Waals surface area contributed by atoms with Crippen LogP contribution in [0.1, 0.15) is 11.1 Å². The fourth-order valence-electron chi connectivity index (χ4n) is 4.85. The zero-order valence-corrected chi connectivity index (χ0v) is 36.5. The molecule has 0 unspecified atom stereocenters. The molecule has 4 rings (SSSR count). The lowest BCUT2D eigenvalue weighted by Gasteiger charge is -2.13. The predicted molar refractivity (Wildman–Crippen MR) is 232 cm³/mol. The molecule has 0 aliphatic carbocycles. The Morgan fingerprint density at radius 1 is 0.562 bits per heavy atom. The van der Waals surface area contributed by atoms with Crippen LogP contribution in [0.25, 0.3) is 12.2 Å². The van der Waals surface area contributed by atoms with Crippen LogP contribution >= 0.6 is 12.3 Å². The first kappa shape index (κ1) is 51.3. The number of rotatable bonds is 30. The van der Waals surface area contributed by atoms with E-state index in [1.165, 1.54) is 42.5 Å². The third-order valence-electron chi connectivity index (χ3n) is 7.50. The second-order valence-corrected chi connectivity index (χ2v) is 17.2. The molecule has 2 aromatic heterocycles. The lowest BCUT2D eigenvalue weighted by atomic mass is 10.1. The SMILES string of the molecule is O=S(=O)(O)CCNc1nc(NCCOCCO)nc(Nc2ccc(C=Cc3ccc(Nc4nc(NCCOCCO)nc(NCCS(=O)(=O)O)n4)cc3S(=O)(=O)O)c(OOSO)c2)n1. The van der Waals surface area contributed by atoms with Crippen LogP contribution in [0.3, 0.4) is 0 Å². The van der Waals surface area contributed by atoms with Crippen molar-refractivity contribution in [2.24, 2.45) is 0 Å². The molecule has 352 valence electrons. The molecule has 0 atom stereocenters. The van der Waals surface area contributed by atoms with Gasteiger partial charge in [-0.15, -0.1) is 0 Å². The molecule has 2 heterocycles. The number of nitrogens with one attached hydrogen (secondary N) is 6. The number of aromatic nitrogens is 6. The van der Waals surface area contributed by atoms with E-state index in [9.17, 15) is 34.4 Å². The van der Waals surface area contributed by atoms with Crippen molar-refractivity contribution in [1.29, 1.82) is 0 Å². The molecule has 0 saturated heterocycles. The number of hydrogen-bond donors (Lipinski definition) is 12. The van der Waals surface area contributed by atoms with Gasteiger partial charge in [0.05, 0.1) is 51.1 Å². The normalized spacial score (nSPS) is 12.0. The van der Waals surface area contributed by atoms with E-state index in [0.717, 1.165) is 6.07 Å². The number of anilines is 8. The van der Waals surface area contributed by atoms with Crippen LogP contribution in [0, 0.1) is 0 Å². The molecule has 64 heavy (non-hydrogen) atoms. The van der Waals surface area contributed by atoms with E-state index < -0.39 is 46.8 Å². The molecule has 0 aliphatic heterocycles. The van der Waals surface area contributed by atoms with Gasteiger partial charge in [0, 0.05) is 49.2 Å². The van der Waals surface area contributed by atoms with E-state index in [2.05, 4.69) is 66.1 Å². The van der Waals surface area contributed by atoms with E-state index in [4.69, 9.17) is 33.7 Å². The van der Waals surface area contributed by atoms with Crippen molar-refractivity contribution in [3.05, 3.63) is 47.5 Å². The topological polar surface area (TPSA) is 410 Å². The molecule has 0 bridgehead atoms. The van der Waals surface area contributed by atoms with Crippen molar-refractivity contribution >= 4 is 102 Å². The summed E-state index contributed by atoms with van der Waals surface area (Å²) in [6.07, 6.45) is 2.73. The molecule has 32 heteroatoms. The first-order chi connectivity index (χ1) is 30.4. The summed E-state index contributed by atoms with van der Waals surface area (Å²) in [5, 5.41) is 34.6. The van der Waals surface area contributed by atoms with E-state index >= 15 is 0 Å². The highest BCUT2D eigenvalue weighted by Crippen LogP contribution is 2.30. The van der Waals surface area contributed by atoms with Gasteiger partial charge >= 0.3 is 0 Å². The fourth-order valence-corrected chi connectivity index (χ4v) is 6.39. The average Bonchev–Trinajstić information content (AvgIpc) is 3.21. The lowest BCUT2D eigenvalue weighted by molar-refractivity contribution is -0.0843. The Morgan fingerprint density at radius 2 is 0.984 bits per heavy atom. The van der Waals surface area contributed by atoms with E-state index in [-0.39, 0.29) is 142 Å². The van der Waals surface area contributed by atoms with Crippen molar-refractivity contribution in [2.75, 3.05) is 109 Å². The summed E-state index contributed by atoms with van der Waals surface area (Å²) >= 11 is -0.115. The molecule has 28 nitrogen and oxygen atoms in total. The number of hydrogen-bond acceptors (Lipinski definition) is 26. The van der Waals surface area contributed by atoms with Gasteiger partial charge in [0.25, 0.3) is 30.4 Å². The van der Waals surface area contributed by atoms with Gasteiger partial charge in [0.2, 0.25) is 48.0 Å². The molecule has 4 aromatic rings. The van der Waals surface area contributed by atoms with Crippen molar-refractivity contribution in [1.82, 2.24) is 29.9 Å². The average molecular weight is 981 g/mol. The third kappa shape index (κ3) is 19.2. The monoisotopic (exact) mass is 980 g/mol. The first-order valence-corrected chi connectivity index (χ1v) is 23.7. The van der Waals surface area contributed by atoms with Gasteiger partial charge in [-0.25, -0.2) is 0 Å². The molecule has 0 fully saturated rings. The number of benzene rings is 2. The number of nitrogens with zero attached hydrogens (tertiary/aromatic N) is 6. The first-order valence-electron chi connectivity index (χ1n) is 18.3. The maximum atomic E-state index is 12.6. The van der Waals surface area contributed by atoms with Crippen molar-refractivity contribution in [2.45, 2.75) is 4.90 Å². The standard InChI is InChI=1S/C32H44N12O16S4/c45-11-15-57-13-7-33-27-39-29(35-9-17-62(48,49)50)43-31(41-27)37-23-5-3-21(25(19-23)59-60-61-47)1-2-22-4-6-24(20-26(22)64(54,55)56)38-32-42-28(34-8-14-58-16-12-46)40-30(44-32)36-10-18-63(51,52)53/h1-6,19-20,45-47H,7-18H2,(H,48,49,50)(H,51,52,53)(H,54,55,56)(H3,33,35,37,39,41,43)(H3,34,36,38,40,42,44). The van der Waals surface area contributed by atoms with Crippen LogP contribution in [0.15, 0.2) is 41.3 Å². The maximum absolute atomic E-state index is 12.6. The van der Waals surface area contributed by atoms with Crippen LogP contribution < -0.4 is 36.8 Å². The number of ether oxygens (including phenoxy) is 2. The quantitative estimate of drug-likeness (QED) is 0.00860. The Balaban J connectivity index is 1.59. The Kier molecular flexibility index (Phi) is 20.2. The van der Waals surface area contributed by atoms with Gasteiger partial charge in [-0.05, 0) is 29.8 Å². The van der Waals surface area contributed by atoms with E-state index in [1.807, 2.05) is 0 Å². The van der Waals surface area contributed by atoms with Gasteiger partial charge in [-0.2, -0.15) is 55.2 Å². The summed E-state index contributed by atoms with van der Waals surface area (Å²) in [6, 6.07) is 8.29. The minimum atomic E-state index is -4.88. The molecule has 12 N–H and O–H groups in total. The van der Waals surface area contributed by atoms with Gasteiger partial charge in [-0.3, -0.25) is 13.7 Å². The largest absolute Gasteiger partial charge is 0.394 e. The summed E-state index contributed by atoms with van der Waals surface area (Å²) in [7, 11) is -13.5. The molecule has 0 amide bonds. The van der Waals surface area contributed by atoms with E-state index in [0.29, 0.717) is 0 Å². The second kappa shape index (κ2) is 25.2. The van der Waals surface area contributed by atoms with Crippen LogP contribution in [-0.4, -0.2) is 161 Å². The van der Waals surface area contributed by atoms with Crippen LogP contribution in [0.2, 0.25) is 0 Å². The van der Waals surface area contributed by atoms with Gasteiger partial charge in [0.15, 0.2) is 5.75 Å². The van der Waals surface area contributed by atoms with Gasteiger partial charge < -0.3 is 61.0 Å². The summed E-state index contributed by atoms with van der Waals surface area (Å²) < 4.78 is 123.